The van der Waals surface area contributed by atoms with Crippen LogP contribution in [0.4, 0.5) is 0 Å². The number of rotatable bonds is 46. The first-order valence-corrected chi connectivity index (χ1v) is 27.0. The van der Waals surface area contributed by atoms with Crippen LogP contribution < -0.4 is 0 Å². The molecule has 1 aliphatic heterocycles. The largest absolute Gasteiger partial charge is 2.00 e. The molecule has 1 heterocycles. The minimum Gasteiger partial charge on any atom is -0.542 e. The molecule has 0 aliphatic carbocycles. The van der Waals surface area contributed by atoms with Crippen molar-refractivity contribution in [2.24, 2.45) is 0 Å². The van der Waals surface area contributed by atoms with E-state index in [1.807, 2.05) is 6.29 Å². The van der Waals surface area contributed by atoms with Crippen LogP contribution in [0.25, 0.3) is 0 Å². The van der Waals surface area contributed by atoms with Gasteiger partial charge in [0.15, 0.2) is 0 Å². The number of aliphatic hydroxyl groups excluding tert-OH is 10. The molecule has 1 saturated heterocycles. The molecule has 0 bridgehead atoms. The average molecular weight is 1320 g/mol. The number of esters is 1. The molecule has 0 amide bonds. The monoisotopic (exact) mass is 1320 g/mol. The van der Waals surface area contributed by atoms with Gasteiger partial charge in [0.05, 0.1) is 99.1 Å². The Labute approximate surface area is 460 Å². The maximum absolute atomic E-state index is 11.4. The standard InChI is InChI=1S/C24H47O14.C15H32O8Si.C3H6O2.CH3.2O2Si.W/c25-5-3-1-2-4-6-33-11-22(32)12-35-16-24(38-14-21(31)9-28)18-36-17-23(37-13-20(30)8-27)15-34-10-19(29)7-26;1-19-24(20-2,21-3)11-7-10-22-12-14(17)13-23-15(18)8-5-4-6-9-16;4-1-3-2-5-3;;2*1-3-2;/h19-24,26-32H,1-4,6-18H2;14,16-17H,4-13H2,1-3H3;3-4H,1-2H2;1H3;;;/q-1;;;-1;;;+2. The van der Waals surface area contributed by atoms with E-state index in [9.17, 15) is 35.1 Å². The zero-order chi connectivity index (χ0) is 55.8. The Morgan fingerprint density at radius 2 is 0.973 bits per heavy atom. The fraction of sp³-hybridized carbons (Fsp3) is 0.930. The second kappa shape index (κ2) is 65.4. The van der Waals surface area contributed by atoms with Crippen LogP contribution >= 0.6 is 0 Å². The smallest absolute Gasteiger partial charge is 0.542 e. The average Bonchev–Trinajstić information content (AvgIpc) is 4.24. The zero-order valence-corrected chi connectivity index (χ0v) is 49.8. The molecule has 10 N–H and O–H groups in total. The van der Waals surface area contributed by atoms with Gasteiger partial charge in [-0.1, -0.05) is 19.3 Å². The van der Waals surface area contributed by atoms with Gasteiger partial charge < -0.3 is 119 Å². The summed E-state index contributed by atoms with van der Waals surface area (Å²) in [6, 6.07) is 0.620. The van der Waals surface area contributed by atoms with Gasteiger partial charge in [0, 0.05) is 53.6 Å². The molecule has 75 heavy (non-hydrogen) atoms. The number of carbonyl (C=O) groups is 1. The third kappa shape index (κ3) is 63.6. The molecule has 8 unspecified atom stereocenters. The molecule has 0 aromatic heterocycles. The van der Waals surface area contributed by atoms with Crippen molar-refractivity contribution in [2.45, 2.75) is 113 Å². The number of ether oxygens (including phenoxy) is 9. The zero-order valence-electron chi connectivity index (χ0n) is 43.9. The van der Waals surface area contributed by atoms with Crippen LogP contribution in [0.15, 0.2) is 0 Å². The van der Waals surface area contributed by atoms with Crippen molar-refractivity contribution in [1.29, 1.82) is 0 Å². The Hall–Kier alpha value is -1.16. The number of epoxide rings is 1. The first kappa shape index (κ1) is 85.1. The van der Waals surface area contributed by atoms with Crippen molar-refractivity contribution in [1.82, 2.24) is 0 Å². The summed E-state index contributed by atoms with van der Waals surface area (Å²) in [5, 5.41) is 91.8. The topological polar surface area (TPSA) is 419 Å². The molecule has 28 nitrogen and oxygen atoms in total. The molecular formula is C43H88O28Si3W. The van der Waals surface area contributed by atoms with E-state index in [0.29, 0.717) is 51.4 Å². The Bertz CT molecular complexity index is 1240. The Balaban J connectivity index is -0.000000272. The SMILES string of the molecule is CO[Si](CCCOCC(O)COC(=O)CCCCCO)(OC)OC.O=[C-]CCCCCOCC(O)COCC(COCC(COCC(O)CO)OCC(O)CO)OCC(O)CO.O=[Si]=O.O=[Si]=O.OCC1CO1.[CH3-].[W+2]. The first-order valence-electron chi connectivity index (χ1n) is 23.5. The molecule has 1 aliphatic rings. The minimum absolute atomic E-state index is 0. The van der Waals surface area contributed by atoms with Crippen molar-refractivity contribution in [2.75, 3.05) is 147 Å². The van der Waals surface area contributed by atoms with E-state index in [2.05, 4.69) is 4.74 Å². The van der Waals surface area contributed by atoms with Crippen molar-refractivity contribution in [3.8, 4) is 0 Å². The van der Waals surface area contributed by atoms with E-state index < -0.39 is 89.9 Å². The predicted molar refractivity (Wildman–Crippen MR) is 259 cm³/mol. The van der Waals surface area contributed by atoms with Crippen LogP contribution in [0, 0.1) is 7.43 Å². The molecule has 0 aromatic rings. The summed E-state index contributed by atoms with van der Waals surface area (Å²) >= 11 is 0. The van der Waals surface area contributed by atoms with E-state index in [0.717, 1.165) is 32.3 Å². The van der Waals surface area contributed by atoms with E-state index in [1.165, 1.54) is 0 Å². The summed E-state index contributed by atoms with van der Waals surface area (Å²) in [5.74, 6) is -0.344. The van der Waals surface area contributed by atoms with Gasteiger partial charge in [0.1, 0.15) is 55.4 Å². The van der Waals surface area contributed by atoms with Crippen LogP contribution in [0.2, 0.25) is 6.04 Å². The van der Waals surface area contributed by atoms with Gasteiger partial charge in [0.25, 0.3) is 0 Å². The predicted octanol–water partition coefficient (Wildman–Crippen LogP) is -3.77. The van der Waals surface area contributed by atoms with Crippen molar-refractivity contribution >= 4 is 39.6 Å². The Morgan fingerprint density at radius 3 is 1.37 bits per heavy atom. The summed E-state index contributed by atoms with van der Waals surface area (Å²) in [6.07, 6.45) is 1.60. The molecule has 0 radical (unpaired) electrons. The Morgan fingerprint density at radius 1 is 0.573 bits per heavy atom. The van der Waals surface area contributed by atoms with Crippen molar-refractivity contribution < 1.29 is 155 Å². The second-order valence-corrected chi connectivity index (χ2v) is 18.8. The molecule has 446 valence electrons. The van der Waals surface area contributed by atoms with Crippen molar-refractivity contribution in [3.63, 3.8) is 0 Å². The third-order valence-electron chi connectivity index (χ3n) is 8.99. The number of aliphatic hydroxyl groups is 10. The van der Waals surface area contributed by atoms with E-state index in [1.54, 1.807) is 21.3 Å². The molecule has 0 aromatic carbocycles. The first-order chi connectivity index (χ1) is 35.1. The third-order valence-corrected chi connectivity index (χ3v) is 11.8. The van der Waals surface area contributed by atoms with Gasteiger partial charge in [-0.05, 0) is 25.7 Å². The number of hydrogen-bond donors (Lipinski definition) is 10. The summed E-state index contributed by atoms with van der Waals surface area (Å²) < 4.78 is 97.2. The van der Waals surface area contributed by atoms with Crippen LogP contribution in [0.5, 0.6) is 0 Å². The summed E-state index contributed by atoms with van der Waals surface area (Å²) in [6.45, 7) is 0.0498. The molecule has 32 heteroatoms. The summed E-state index contributed by atoms with van der Waals surface area (Å²) in [4.78, 5) is 21.6. The second-order valence-electron chi connectivity index (χ2n) is 15.4. The van der Waals surface area contributed by atoms with E-state index in [4.69, 9.17) is 94.6 Å². The van der Waals surface area contributed by atoms with Gasteiger partial charge >= 0.3 is 54.4 Å². The minimum atomic E-state index is -2.57. The molecule has 0 saturated carbocycles. The number of carbonyl (C=O) groups excluding carboxylic acids is 2. The van der Waals surface area contributed by atoms with E-state index in [-0.39, 0.29) is 126 Å². The quantitative estimate of drug-likeness (QED) is 0.00919. The number of hydrogen-bond acceptors (Lipinski definition) is 28. The van der Waals surface area contributed by atoms with Crippen LogP contribution in [0.1, 0.15) is 57.8 Å². The maximum Gasteiger partial charge on any atom is 2.00 e. The van der Waals surface area contributed by atoms with Crippen LogP contribution in [-0.4, -0.2) is 286 Å². The normalized spacial score (nSPS) is 15.1. The van der Waals surface area contributed by atoms with Gasteiger partial charge in [0.2, 0.25) is 0 Å². The fourth-order valence-corrected chi connectivity index (χ4v) is 6.69. The fourth-order valence-electron chi connectivity index (χ4n) is 5.00. The molecule has 0 spiro atoms. The number of unbranched alkanes of at least 4 members (excludes halogenated alkanes) is 5. The maximum atomic E-state index is 11.4. The van der Waals surface area contributed by atoms with E-state index >= 15 is 0 Å². The van der Waals surface area contributed by atoms with Gasteiger partial charge in [-0.15, -0.1) is 0 Å². The molecule has 1 fully saturated rings. The van der Waals surface area contributed by atoms with Crippen molar-refractivity contribution in [3.05, 3.63) is 7.43 Å². The summed E-state index contributed by atoms with van der Waals surface area (Å²) in [7, 11) is -0.732. The summed E-state index contributed by atoms with van der Waals surface area (Å²) in [5.41, 5.74) is 0. The van der Waals surface area contributed by atoms with Crippen LogP contribution in [0.3, 0.4) is 0 Å². The molecule has 8 atom stereocenters. The van der Waals surface area contributed by atoms with Crippen LogP contribution in [-0.2, 0) is 104 Å². The van der Waals surface area contributed by atoms with Gasteiger partial charge in [-0.3, -0.25) is 28.9 Å². The van der Waals surface area contributed by atoms with Gasteiger partial charge in [-0.25, -0.2) is 0 Å². The Kier molecular flexibility index (Phi) is 74.2. The van der Waals surface area contributed by atoms with Gasteiger partial charge in [-0.2, -0.15) is 6.42 Å². The molecule has 1 rings (SSSR count). The molecular weight excluding hydrogens is 1230 g/mol.